The van der Waals surface area contributed by atoms with Gasteiger partial charge in [-0.25, -0.2) is 0 Å². The van der Waals surface area contributed by atoms with Crippen LogP contribution in [-0.2, 0) is 11.3 Å². The molecule has 24 heavy (non-hydrogen) atoms. The molecule has 1 aromatic carbocycles. The van der Waals surface area contributed by atoms with E-state index < -0.39 is 0 Å². The molecule has 1 N–H and O–H groups in total. The lowest BCUT2D eigenvalue weighted by atomic mass is 9.97. The molecule has 1 atom stereocenters. The van der Waals surface area contributed by atoms with Crippen molar-refractivity contribution in [1.82, 2.24) is 10.2 Å². The minimum absolute atomic E-state index is 0.120. The van der Waals surface area contributed by atoms with E-state index in [1.165, 1.54) is 41.7 Å². The van der Waals surface area contributed by atoms with Gasteiger partial charge >= 0.3 is 0 Å². The molecule has 0 fully saturated rings. The first-order valence-electron chi connectivity index (χ1n) is 8.89. The molecule has 132 valence electrons. The Hall–Kier alpha value is -1.26. The second-order valence-electron chi connectivity index (χ2n) is 6.59. The third kappa shape index (κ3) is 5.99. The summed E-state index contributed by atoms with van der Waals surface area (Å²) in [7, 11) is 2.01. The minimum atomic E-state index is -0.120. The molecule has 0 aromatic heterocycles. The Kier molecular flexibility index (Phi) is 7.86. The van der Waals surface area contributed by atoms with Crippen LogP contribution in [0.5, 0.6) is 0 Å². The van der Waals surface area contributed by atoms with Crippen molar-refractivity contribution in [2.24, 2.45) is 0 Å². The van der Waals surface area contributed by atoms with Gasteiger partial charge in [-0.3, -0.25) is 9.69 Å². The molecule has 0 heterocycles. The summed E-state index contributed by atoms with van der Waals surface area (Å²) < 4.78 is 0. The van der Waals surface area contributed by atoms with Crippen LogP contribution in [0.1, 0.15) is 44.6 Å². The van der Waals surface area contributed by atoms with E-state index in [-0.39, 0.29) is 11.9 Å². The minimum Gasteiger partial charge on any atom is -0.354 e. The highest BCUT2D eigenvalue weighted by Crippen LogP contribution is 2.19. The van der Waals surface area contributed by atoms with Crippen LogP contribution in [-0.4, -0.2) is 36.7 Å². The van der Waals surface area contributed by atoms with E-state index in [0.717, 1.165) is 19.5 Å². The highest BCUT2D eigenvalue weighted by atomic mass is 32.2. The summed E-state index contributed by atoms with van der Waals surface area (Å²) in [5.41, 5.74) is 2.75. The molecule has 1 aromatic rings. The number of rotatable bonds is 8. The third-order valence-electron chi connectivity index (χ3n) is 4.76. The quantitative estimate of drug-likeness (QED) is 0.564. The van der Waals surface area contributed by atoms with Crippen molar-refractivity contribution in [2.75, 3.05) is 19.8 Å². The van der Waals surface area contributed by atoms with Crippen molar-refractivity contribution >= 4 is 17.7 Å². The van der Waals surface area contributed by atoms with Gasteiger partial charge in [0.1, 0.15) is 0 Å². The van der Waals surface area contributed by atoms with Crippen LogP contribution in [0, 0.1) is 0 Å². The average molecular weight is 347 g/mol. The normalized spacial score (nSPS) is 15.9. The van der Waals surface area contributed by atoms with Gasteiger partial charge in [-0.15, -0.1) is 11.8 Å². The van der Waals surface area contributed by atoms with Crippen LogP contribution in [0.25, 0.3) is 0 Å². The van der Waals surface area contributed by atoms with Crippen LogP contribution in [0.15, 0.2) is 40.8 Å². The van der Waals surface area contributed by atoms with Crippen molar-refractivity contribution < 1.29 is 4.79 Å². The lowest BCUT2D eigenvalue weighted by molar-refractivity contribution is -0.125. The maximum absolute atomic E-state index is 12.3. The predicted octanol–water partition coefficient (Wildman–Crippen LogP) is 4.24. The Bertz CT molecular complexity index is 553. The highest BCUT2D eigenvalue weighted by Gasteiger charge is 2.17. The Labute approximate surface area is 150 Å². The van der Waals surface area contributed by atoms with E-state index in [1.54, 1.807) is 11.8 Å². The summed E-state index contributed by atoms with van der Waals surface area (Å²) in [5.74, 6) is 0.120. The SMILES string of the molecule is CSc1ccc(CN(C)C(C)C(=O)NCCC2=CCCCC2)cc1. The summed E-state index contributed by atoms with van der Waals surface area (Å²) in [5, 5.41) is 3.09. The van der Waals surface area contributed by atoms with Gasteiger partial charge in [0.15, 0.2) is 0 Å². The Morgan fingerprint density at radius 2 is 2.04 bits per heavy atom. The zero-order valence-corrected chi connectivity index (χ0v) is 16.0. The molecule has 0 saturated heterocycles. The fraction of sp³-hybridized carbons (Fsp3) is 0.550. The summed E-state index contributed by atoms with van der Waals surface area (Å²) in [6, 6.07) is 8.43. The van der Waals surface area contributed by atoms with Gasteiger partial charge in [-0.05, 0) is 70.0 Å². The smallest absolute Gasteiger partial charge is 0.237 e. The van der Waals surface area contributed by atoms with E-state index in [1.807, 2.05) is 14.0 Å². The molecule has 0 spiro atoms. The van der Waals surface area contributed by atoms with Gasteiger partial charge in [-0.2, -0.15) is 0 Å². The van der Waals surface area contributed by atoms with Gasteiger partial charge < -0.3 is 5.32 Å². The number of hydrogen-bond donors (Lipinski definition) is 1. The van der Waals surface area contributed by atoms with Crippen molar-refractivity contribution in [1.29, 1.82) is 0 Å². The van der Waals surface area contributed by atoms with Gasteiger partial charge in [0.2, 0.25) is 5.91 Å². The van der Waals surface area contributed by atoms with Gasteiger partial charge in [-0.1, -0.05) is 23.8 Å². The molecule has 3 nitrogen and oxygen atoms in total. The molecule has 2 rings (SSSR count). The van der Waals surface area contributed by atoms with Gasteiger partial charge in [0.25, 0.3) is 0 Å². The first kappa shape index (κ1) is 19.1. The van der Waals surface area contributed by atoms with Crippen LogP contribution < -0.4 is 5.32 Å². The maximum Gasteiger partial charge on any atom is 0.237 e. The Morgan fingerprint density at radius 1 is 1.29 bits per heavy atom. The second-order valence-corrected chi connectivity index (χ2v) is 7.47. The molecular formula is C20H30N2OS. The number of likely N-dealkylation sites (N-methyl/N-ethyl adjacent to an activating group) is 1. The highest BCUT2D eigenvalue weighted by molar-refractivity contribution is 7.98. The zero-order chi connectivity index (χ0) is 17.4. The lowest BCUT2D eigenvalue weighted by Gasteiger charge is -2.24. The van der Waals surface area contributed by atoms with Crippen LogP contribution in [0.3, 0.4) is 0 Å². The standard InChI is InChI=1S/C20H30N2OS/c1-16(20(23)21-14-13-17-7-5-4-6-8-17)22(2)15-18-9-11-19(24-3)12-10-18/h7,9-12,16H,4-6,8,13-15H2,1-3H3,(H,21,23). The summed E-state index contributed by atoms with van der Waals surface area (Å²) in [6.45, 7) is 3.52. The zero-order valence-electron chi connectivity index (χ0n) is 15.2. The Balaban J connectivity index is 1.75. The molecule has 1 unspecified atom stereocenters. The molecule has 1 aliphatic rings. The fourth-order valence-electron chi connectivity index (χ4n) is 2.98. The largest absolute Gasteiger partial charge is 0.354 e. The van der Waals surface area contributed by atoms with E-state index in [0.29, 0.717) is 0 Å². The third-order valence-corrected chi connectivity index (χ3v) is 5.51. The molecule has 0 bridgehead atoms. The number of nitrogens with one attached hydrogen (secondary N) is 1. The number of carbonyl (C=O) groups is 1. The molecule has 0 aliphatic heterocycles. The fourth-order valence-corrected chi connectivity index (χ4v) is 3.39. The van der Waals surface area contributed by atoms with Crippen molar-refractivity contribution in [3.8, 4) is 0 Å². The van der Waals surface area contributed by atoms with E-state index in [2.05, 4.69) is 46.8 Å². The number of allylic oxidation sites excluding steroid dienone is 1. The van der Waals surface area contributed by atoms with Crippen LogP contribution in [0.2, 0.25) is 0 Å². The van der Waals surface area contributed by atoms with E-state index in [4.69, 9.17) is 0 Å². The van der Waals surface area contributed by atoms with Crippen LogP contribution in [0.4, 0.5) is 0 Å². The molecule has 4 heteroatoms. The van der Waals surface area contributed by atoms with Gasteiger partial charge in [0, 0.05) is 18.0 Å². The second kappa shape index (κ2) is 9.90. The number of amides is 1. The van der Waals surface area contributed by atoms with Crippen molar-refractivity contribution in [3.63, 3.8) is 0 Å². The van der Waals surface area contributed by atoms with Crippen LogP contribution >= 0.6 is 11.8 Å². The molecule has 0 saturated carbocycles. The summed E-state index contributed by atoms with van der Waals surface area (Å²) >= 11 is 1.75. The number of benzene rings is 1. The van der Waals surface area contributed by atoms with Crippen molar-refractivity contribution in [2.45, 2.75) is 56.5 Å². The Morgan fingerprint density at radius 3 is 2.67 bits per heavy atom. The number of nitrogens with zero attached hydrogens (tertiary/aromatic N) is 1. The molecule has 1 amide bonds. The number of hydrogen-bond acceptors (Lipinski definition) is 3. The topological polar surface area (TPSA) is 32.3 Å². The van der Waals surface area contributed by atoms with Gasteiger partial charge in [0.05, 0.1) is 6.04 Å². The first-order valence-corrected chi connectivity index (χ1v) is 10.1. The molecular weight excluding hydrogens is 316 g/mol. The first-order chi connectivity index (χ1) is 11.6. The summed E-state index contributed by atoms with van der Waals surface area (Å²) in [6.07, 6.45) is 10.5. The van der Waals surface area contributed by atoms with E-state index >= 15 is 0 Å². The predicted molar refractivity (Wildman–Crippen MR) is 103 cm³/mol. The number of thioether (sulfide) groups is 1. The number of carbonyl (C=O) groups excluding carboxylic acids is 1. The lowest BCUT2D eigenvalue weighted by Crippen LogP contribution is -2.43. The average Bonchev–Trinajstić information content (AvgIpc) is 2.62. The van der Waals surface area contributed by atoms with Crippen molar-refractivity contribution in [3.05, 3.63) is 41.5 Å². The monoisotopic (exact) mass is 346 g/mol. The molecule has 0 radical (unpaired) electrons. The molecule has 1 aliphatic carbocycles. The van der Waals surface area contributed by atoms with E-state index in [9.17, 15) is 4.79 Å². The maximum atomic E-state index is 12.3. The summed E-state index contributed by atoms with van der Waals surface area (Å²) in [4.78, 5) is 15.7.